The molecule has 1 aromatic rings. The van der Waals surface area contributed by atoms with Gasteiger partial charge in [0.2, 0.25) is 5.28 Å². The van der Waals surface area contributed by atoms with Crippen LogP contribution in [0.1, 0.15) is 12.6 Å². The van der Waals surface area contributed by atoms with Gasteiger partial charge in [0.05, 0.1) is 11.8 Å². The zero-order valence-corrected chi connectivity index (χ0v) is 9.16. The van der Waals surface area contributed by atoms with Crippen molar-refractivity contribution in [2.75, 3.05) is 6.61 Å². The Kier molecular flexibility index (Phi) is 2.77. The van der Waals surface area contributed by atoms with Crippen LogP contribution in [-0.2, 0) is 11.2 Å². The van der Waals surface area contributed by atoms with Crippen LogP contribution in [0.15, 0.2) is 24.7 Å². The van der Waals surface area contributed by atoms with Crippen molar-refractivity contribution >= 4 is 11.6 Å². The maximum absolute atomic E-state index is 5.72. The van der Waals surface area contributed by atoms with Crippen molar-refractivity contribution in [3.63, 3.8) is 0 Å². The summed E-state index contributed by atoms with van der Waals surface area (Å²) in [7, 11) is 0. The fourth-order valence-electron chi connectivity index (χ4n) is 1.53. The first-order valence-electron chi connectivity index (χ1n) is 4.70. The van der Waals surface area contributed by atoms with Gasteiger partial charge in [-0.25, -0.2) is 9.97 Å². The van der Waals surface area contributed by atoms with Crippen molar-refractivity contribution in [1.29, 1.82) is 0 Å². The Labute approximate surface area is 93.3 Å². The Bertz CT molecular complexity index is 383. The predicted molar refractivity (Wildman–Crippen MR) is 57.4 cm³/mol. The Balaban J connectivity index is 2.10. The highest BCUT2D eigenvalue weighted by Crippen LogP contribution is 2.15. The summed E-state index contributed by atoms with van der Waals surface area (Å²) >= 11 is 5.72. The smallest absolute Gasteiger partial charge is 0.222 e. The summed E-state index contributed by atoms with van der Waals surface area (Å²) in [4.78, 5) is 7.99. The molecular formula is C10H12ClN3O. The van der Waals surface area contributed by atoms with E-state index in [1.807, 2.05) is 6.07 Å². The third-order valence-corrected chi connectivity index (χ3v) is 2.44. The van der Waals surface area contributed by atoms with Crippen molar-refractivity contribution in [2.45, 2.75) is 18.9 Å². The number of aromatic nitrogens is 2. The van der Waals surface area contributed by atoms with Crippen LogP contribution in [-0.4, -0.2) is 22.1 Å². The topological polar surface area (TPSA) is 47.0 Å². The number of nitrogens with zero attached hydrogens (tertiary/aromatic N) is 2. The molecule has 0 spiro atoms. The zero-order chi connectivity index (χ0) is 10.7. The summed E-state index contributed by atoms with van der Waals surface area (Å²) in [5, 5.41) is 3.54. The molecule has 0 fully saturated rings. The minimum atomic E-state index is -0.133. The summed E-state index contributed by atoms with van der Waals surface area (Å²) in [6.07, 6.45) is 5.86. The van der Waals surface area contributed by atoms with Crippen molar-refractivity contribution in [2.24, 2.45) is 0 Å². The summed E-state index contributed by atoms with van der Waals surface area (Å²) in [5.41, 5.74) is 0.774. The van der Waals surface area contributed by atoms with E-state index < -0.39 is 0 Å². The van der Waals surface area contributed by atoms with Crippen molar-refractivity contribution in [3.05, 3.63) is 35.7 Å². The van der Waals surface area contributed by atoms with Gasteiger partial charge < -0.3 is 10.1 Å². The van der Waals surface area contributed by atoms with E-state index in [1.54, 1.807) is 18.7 Å². The number of hydrogen-bond donors (Lipinski definition) is 1. The van der Waals surface area contributed by atoms with Gasteiger partial charge in [0.1, 0.15) is 6.61 Å². The molecule has 1 atom stereocenters. The lowest BCUT2D eigenvalue weighted by Crippen LogP contribution is -2.47. The van der Waals surface area contributed by atoms with Gasteiger partial charge >= 0.3 is 0 Å². The highest BCUT2D eigenvalue weighted by atomic mass is 35.5. The number of hydrogen-bond acceptors (Lipinski definition) is 4. The predicted octanol–water partition coefficient (Wildman–Crippen LogP) is 1.52. The first-order valence-corrected chi connectivity index (χ1v) is 5.08. The van der Waals surface area contributed by atoms with Gasteiger partial charge in [-0.15, -0.1) is 0 Å². The third-order valence-electron chi connectivity index (χ3n) is 2.25. The number of halogens is 1. The second-order valence-corrected chi connectivity index (χ2v) is 4.15. The first-order chi connectivity index (χ1) is 7.18. The van der Waals surface area contributed by atoms with Crippen LogP contribution < -0.4 is 5.32 Å². The number of rotatable bonds is 2. The van der Waals surface area contributed by atoms with E-state index in [9.17, 15) is 0 Å². The molecule has 1 aliphatic rings. The molecule has 5 heteroatoms. The highest BCUT2D eigenvalue weighted by molar-refractivity contribution is 6.28. The van der Waals surface area contributed by atoms with Crippen LogP contribution in [0.4, 0.5) is 0 Å². The Morgan fingerprint density at radius 3 is 3.20 bits per heavy atom. The molecular weight excluding hydrogens is 214 g/mol. The molecule has 0 aromatic carbocycles. The fraction of sp³-hybridized carbons (Fsp3) is 0.400. The van der Waals surface area contributed by atoms with E-state index in [4.69, 9.17) is 16.3 Å². The van der Waals surface area contributed by atoms with E-state index in [-0.39, 0.29) is 10.8 Å². The molecule has 15 heavy (non-hydrogen) atoms. The Morgan fingerprint density at radius 2 is 2.53 bits per heavy atom. The van der Waals surface area contributed by atoms with Crippen molar-refractivity contribution in [1.82, 2.24) is 15.3 Å². The maximum atomic E-state index is 5.72. The van der Waals surface area contributed by atoms with Crippen LogP contribution in [0, 0.1) is 0 Å². The van der Waals surface area contributed by atoms with E-state index in [1.165, 1.54) is 0 Å². The minimum absolute atomic E-state index is 0.133. The summed E-state index contributed by atoms with van der Waals surface area (Å²) in [5.74, 6) is 0. The molecule has 0 saturated carbocycles. The van der Waals surface area contributed by atoms with Gasteiger partial charge in [0.25, 0.3) is 0 Å². The zero-order valence-electron chi connectivity index (χ0n) is 8.40. The van der Waals surface area contributed by atoms with E-state index in [0.29, 0.717) is 6.61 Å². The first kappa shape index (κ1) is 10.2. The molecule has 0 amide bonds. The molecule has 4 nitrogen and oxygen atoms in total. The fourth-order valence-corrected chi connectivity index (χ4v) is 1.69. The highest BCUT2D eigenvalue weighted by Gasteiger charge is 2.26. The molecule has 0 saturated heterocycles. The van der Waals surface area contributed by atoms with Crippen LogP contribution in [0.25, 0.3) is 0 Å². The lowest BCUT2D eigenvalue weighted by atomic mass is 9.96. The third kappa shape index (κ3) is 2.59. The largest absolute Gasteiger partial charge is 0.497 e. The molecule has 80 valence electrons. The second-order valence-electron chi connectivity index (χ2n) is 3.81. The summed E-state index contributed by atoms with van der Waals surface area (Å²) < 4.78 is 5.27. The number of ether oxygens (including phenoxy) is 1. The quantitative estimate of drug-likeness (QED) is 0.776. The molecule has 0 radical (unpaired) electrons. The van der Waals surface area contributed by atoms with Crippen LogP contribution in [0.5, 0.6) is 0 Å². The Hall–Kier alpha value is -1.29. The van der Waals surface area contributed by atoms with Gasteiger partial charge in [0.15, 0.2) is 0 Å². The Morgan fingerprint density at radius 1 is 1.67 bits per heavy atom. The van der Waals surface area contributed by atoms with E-state index >= 15 is 0 Å². The molecule has 2 rings (SSSR count). The molecule has 1 aliphatic heterocycles. The molecule has 1 unspecified atom stereocenters. The lowest BCUT2D eigenvalue weighted by molar-refractivity contribution is 0.140. The van der Waals surface area contributed by atoms with Gasteiger partial charge in [-0.2, -0.15) is 0 Å². The number of nitrogens with one attached hydrogen (secondary N) is 1. The average Bonchev–Trinajstić information content (AvgIpc) is 2.18. The lowest BCUT2D eigenvalue weighted by Gasteiger charge is -2.31. The monoisotopic (exact) mass is 225 g/mol. The molecule has 0 aliphatic carbocycles. The molecule has 1 aromatic heterocycles. The second kappa shape index (κ2) is 4.06. The molecule has 0 bridgehead atoms. The van der Waals surface area contributed by atoms with Gasteiger partial charge in [-0.1, -0.05) is 0 Å². The minimum Gasteiger partial charge on any atom is -0.497 e. The standard InChI is InChI=1S/C10H12ClN3O/c1-10(7-15-5-4-13-10)6-8-2-3-12-9(11)14-8/h2-5,13H,6-7H2,1H3. The summed E-state index contributed by atoms with van der Waals surface area (Å²) in [6, 6.07) is 1.86. The summed E-state index contributed by atoms with van der Waals surface area (Å²) in [6.45, 7) is 2.69. The van der Waals surface area contributed by atoms with Gasteiger partial charge in [-0.3, -0.25) is 0 Å². The van der Waals surface area contributed by atoms with E-state index in [2.05, 4.69) is 22.2 Å². The van der Waals surface area contributed by atoms with E-state index in [0.717, 1.165) is 12.1 Å². The molecule has 2 heterocycles. The van der Waals surface area contributed by atoms with Crippen molar-refractivity contribution in [3.8, 4) is 0 Å². The van der Waals surface area contributed by atoms with Gasteiger partial charge in [-0.05, 0) is 24.6 Å². The normalized spacial score (nSPS) is 24.4. The average molecular weight is 226 g/mol. The van der Waals surface area contributed by atoms with Crippen LogP contribution in [0.2, 0.25) is 5.28 Å². The maximum Gasteiger partial charge on any atom is 0.222 e. The van der Waals surface area contributed by atoms with Crippen molar-refractivity contribution < 1.29 is 4.74 Å². The SMILES string of the molecule is CC1(Cc2ccnc(Cl)n2)COC=CN1. The van der Waals surface area contributed by atoms with Crippen LogP contribution in [0.3, 0.4) is 0 Å². The molecule has 1 N–H and O–H groups in total. The van der Waals surface area contributed by atoms with Crippen LogP contribution >= 0.6 is 11.6 Å². The van der Waals surface area contributed by atoms with Gasteiger partial charge in [0, 0.05) is 24.5 Å².